The van der Waals surface area contributed by atoms with Gasteiger partial charge in [0.05, 0.1) is 0 Å². The molecule has 0 aromatic carbocycles. The normalized spacial score (nSPS) is 12.5. The number of aromatic nitrogens is 1. The van der Waals surface area contributed by atoms with Gasteiger partial charge in [-0.1, -0.05) is 19.0 Å². The lowest BCUT2D eigenvalue weighted by atomic mass is 10.1. The van der Waals surface area contributed by atoms with Gasteiger partial charge in [-0.25, -0.2) is 0 Å². The summed E-state index contributed by atoms with van der Waals surface area (Å²) >= 11 is 0. The summed E-state index contributed by atoms with van der Waals surface area (Å²) in [6.07, 6.45) is -4.54. The number of halogens is 3. The monoisotopic (exact) mass is 194 g/mol. The van der Waals surface area contributed by atoms with E-state index in [0.29, 0.717) is 0 Å². The number of nitrogens with zero attached hydrogens (tertiary/aromatic N) is 1. The average molecular weight is 194 g/mol. The highest BCUT2D eigenvalue weighted by Gasteiger charge is 2.38. The lowest BCUT2D eigenvalue weighted by Crippen LogP contribution is -2.09. The van der Waals surface area contributed by atoms with Crippen molar-refractivity contribution >= 4 is 5.69 Å². The molecule has 0 atom stereocenters. The van der Waals surface area contributed by atoms with Crippen molar-refractivity contribution in [3.8, 4) is 0 Å². The van der Waals surface area contributed by atoms with E-state index in [2.05, 4.69) is 9.68 Å². The van der Waals surface area contributed by atoms with Gasteiger partial charge in [0.25, 0.3) is 0 Å². The molecule has 1 rings (SSSR count). The lowest BCUT2D eigenvalue weighted by molar-refractivity contribution is -0.142. The second-order valence-electron chi connectivity index (χ2n) is 2.96. The fourth-order valence-electron chi connectivity index (χ4n) is 0.931. The molecule has 0 unspecified atom stereocenters. The molecule has 0 radical (unpaired) electrons. The van der Waals surface area contributed by atoms with Gasteiger partial charge < -0.3 is 10.3 Å². The molecule has 0 amide bonds. The first-order chi connectivity index (χ1) is 5.84. The van der Waals surface area contributed by atoms with E-state index in [0.717, 1.165) is 0 Å². The highest BCUT2D eigenvalue weighted by molar-refractivity contribution is 5.48. The molecular weight excluding hydrogens is 185 g/mol. The van der Waals surface area contributed by atoms with E-state index in [1.165, 1.54) is 0 Å². The van der Waals surface area contributed by atoms with Gasteiger partial charge in [-0.3, -0.25) is 0 Å². The summed E-state index contributed by atoms with van der Waals surface area (Å²) in [5.41, 5.74) is 3.66. The Morgan fingerprint density at radius 3 is 2.15 bits per heavy atom. The van der Waals surface area contributed by atoms with Crippen molar-refractivity contribution in [2.75, 3.05) is 5.73 Å². The van der Waals surface area contributed by atoms with Gasteiger partial charge in [0.2, 0.25) is 5.69 Å². The Hall–Kier alpha value is -1.20. The van der Waals surface area contributed by atoms with Crippen LogP contribution < -0.4 is 5.73 Å². The number of nitrogen functional groups attached to an aromatic ring is 1. The lowest BCUT2D eigenvalue weighted by Gasteiger charge is -2.02. The molecule has 74 valence electrons. The van der Waals surface area contributed by atoms with Gasteiger partial charge in [0, 0.05) is 5.92 Å². The molecule has 1 heterocycles. The topological polar surface area (TPSA) is 52.0 Å². The number of hydrogen-bond donors (Lipinski definition) is 1. The van der Waals surface area contributed by atoms with Gasteiger partial charge >= 0.3 is 6.18 Å². The zero-order valence-corrected chi connectivity index (χ0v) is 7.14. The van der Waals surface area contributed by atoms with Gasteiger partial charge in [-0.15, -0.1) is 0 Å². The van der Waals surface area contributed by atoms with Crippen LogP contribution in [0.2, 0.25) is 0 Å². The van der Waals surface area contributed by atoms with Crippen LogP contribution in [0, 0.1) is 0 Å². The fraction of sp³-hybridized carbons (Fsp3) is 0.571. The van der Waals surface area contributed by atoms with Gasteiger partial charge in [-0.2, -0.15) is 13.2 Å². The highest BCUT2D eigenvalue weighted by Crippen LogP contribution is 2.36. The van der Waals surface area contributed by atoms with E-state index in [1.807, 2.05) is 0 Å². The van der Waals surface area contributed by atoms with Crippen LogP contribution in [0.15, 0.2) is 4.52 Å². The Bertz CT molecular complexity index is 303. The number of hydrogen-bond acceptors (Lipinski definition) is 3. The van der Waals surface area contributed by atoms with Crippen LogP contribution >= 0.6 is 0 Å². The number of nitrogens with two attached hydrogens (primary N) is 1. The molecule has 0 saturated carbocycles. The largest absolute Gasteiger partial charge is 0.438 e. The maximum Gasteiger partial charge on any atom is 0.438 e. The molecule has 1 aromatic heterocycles. The summed E-state index contributed by atoms with van der Waals surface area (Å²) in [7, 11) is 0. The zero-order chi connectivity index (χ0) is 10.2. The van der Waals surface area contributed by atoms with Crippen molar-refractivity contribution < 1.29 is 17.7 Å². The Balaban J connectivity index is 3.14. The molecule has 13 heavy (non-hydrogen) atoms. The standard InChI is InChI=1S/C7H9F3N2O/c1-3(2)5-4(11)6(12-13-5)7(8,9)10/h3H,11H2,1-2H3. The molecule has 0 fully saturated rings. The second kappa shape index (κ2) is 2.93. The fourth-order valence-corrected chi connectivity index (χ4v) is 0.931. The molecule has 2 N–H and O–H groups in total. The second-order valence-corrected chi connectivity index (χ2v) is 2.96. The predicted octanol–water partition coefficient (Wildman–Crippen LogP) is 2.40. The van der Waals surface area contributed by atoms with Crippen molar-refractivity contribution in [2.45, 2.75) is 25.9 Å². The zero-order valence-electron chi connectivity index (χ0n) is 7.14. The average Bonchev–Trinajstić information content (AvgIpc) is 2.28. The summed E-state index contributed by atoms with van der Waals surface area (Å²) < 4.78 is 40.9. The molecule has 0 aliphatic carbocycles. The number of rotatable bonds is 1. The number of alkyl halides is 3. The Morgan fingerprint density at radius 2 is 1.92 bits per heavy atom. The molecule has 0 aliphatic rings. The first-order valence-electron chi connectivity index (χ1n) is 3.66. The van der Waals surface area contributed by atoms with Crippen LogP contribution in [-0.2, 0) is 6.18 Å². The predicted molar refractivity (Wildman–Crippen MR) is 40.0 cm³/mol. The molecule has 3 nitrogen and oxygen atoms in total. The third kappa shape index (κ3) is 1.76. The van der Waals surface area contributed by atoms with E-state index in [9.17, 15) is 13.2 Å². The van der Waals surface area contributed by atoms with Crippen molar-refractivity contribution in [1.82, 2.24) is 5.16 Å². The molecular formula is C7H9F3N2O. The minimum atomic E-state index is -4.54. The molecule has 0 saturated heterocycles. The van der Waals surface area contributed by atoms with Crippen LogP contribution in [0.1, 0.15) is 31.2 Å². The van der Waals surface area contributed by atoms with Crippen LogP contribution in [0.25, 0.3) is 0 Å². The van der Waals surface area contributed by atoms with Gasteiger partial charge in [-0.05, 0) is 0 Å². The molecule has 0 bridgehead atoms. The minimum Gasteiger partial charge on any atom is -0.394 e. The maximum atomic E-state index is 12.1. The molecule has 6 heteroatoms. The van der Waals surface area contributed by atoms with Crippen molar-refractivity contribution in [2.24, 2.45) is 0 Å². The molecule has 0 aliphatic heterocycles. The highest BCUT2D eigenvalue weighted by atomic mass is 19.4. The Morgan fingerprint density at radius 1 is 1.38 bits per heavy atom. The number of anilines is 1. The first-order valence-corrected chi connectivity index (χ1v) is 3.66. The third-order valence-electron chi connectivity index (χ3n) is 1.55. The SMILES string of the molecule is CC(C)c1onc(C(F)(F)F)c1N. The summed E-state index contributed by atoms with van der Waals surface area (Å²) in [5, 5.41) is 2.88. The molecule has 1 aromatic rings. The van der Waals surface area contributed by atoms with Crippen molar-refractivity contribution in [3.63, 3.8) is 0 Å². The Kier molecular flexibility index (Phi) is 2.23. The Labute approximate surface area is 72.7 Å². The summed E-state index contributed by atoms with van der Waals surface area (Å²) in [6, 6.07) is 0. The van der Waals surface area contributed by atoms with E-state index in [-0.39, 0.29) is 11.7 Å². The van der Waals surface area contributed by atoms with Gasteiger partial charge in [0.1, 0.15) is 5.69 Å². The summed E-state index contributed by atoms with van der Waals surface area (Å²) in [6.45, 7) is 3.36. The summed E-state index contributed by atoms with van der Waals surface area (Å²) in [5.74, 6) is -0.129. The smallest absolute Gasteiger partial charge is 0.394 e. The van der Waals surface area contributed by atoms with Crippen LogP contribution in [0.5, 0.6) is 0 Å². The van der Waals surface area contributed by atoms with Crippen molar-refractivity contribution in [1.29, 1.82) is 0 Å². The summed E-state index contributed by atoms with van der Waals surface area (Å²) in [4.78, 5) is 0. The van der Waals surface area contributed by atoms with E-state index < -0.39 is 17.6 Å². The van der Waals surface area contributed by atoms with E-state index in [4.69, 9.17) is 5.73 Å². The van der Waals surface area contributed by atoms with Crippen molar-refractivity contribution in [3.05, 3.63) is 11.5 Å². The first kappa shape index (κ1) is 9.88. The molecule has 0 spiro atoms. The third-order valence-corrected chi connectivity index (χ3v) is 1.55. The van der Waals surface area contributed by atoms with E-state index in [1.54, 1.807) is 13.8 Å². The van der Waals surface area contributed by atoms with E-state index >= 15 is 0 Å². The van der Waals surface area contributed by atoms with Crippen LogP contribution in [-0.4, -0.2) is 5.16 Å². The maximum absolute atomic E-state index is 12.1. The van der Waals surface area contributed by atoms with Crippen LogP contribution in [0.4, 0.5) is 18.9 Å². The van der Waals surface area contributed by atoms with Gasteiger partial charge in [0.15, 0.2) is 5.76 Å². The quantitative estimate of drug-likeness (QED) is 0.746. The van der Waals surface area contributed by atoms with Crippen LogP contribution in [0.3, 0.4) is 0 Å². The minimum absolute atomic E-state index is 0.0762.